The normalized spacial score (nSPS) is 23.2. The van der Waals surface area contributed by atoms with Crippen molar-refractivity contribution in [2.75, 3.05) is 20.6 Å². The Labute approximate surface area is 115 Å². The van der Waals surface area contributed by atoms with E-state index in [0.29, 0.717) is 0 Å². The van der Waals surface area contributed by atoms with Crippen molar-refractivity contribution in [3.05, 3.63) is 34.3 Å². The molecular formula is C15H23ClN2. The SMILES string of the molecule is Cc1cc(Cl)cc(CNCC2CC(N(C)C)C2)c1. The lowest BCUT2D eigenvalue weighted by atomic mass is 9.79. The number of rotatable bonds is 5. The van der Waals surface area contributed by atoms with Gasteiger partial charge in [0.2, 0.25) is 0 Å². The lowest BCUT2D eigenvalue weighted by Crippen LogP contribution is -2.43. The first-order chi connectivity index (χ1) is 8.54. The average Bonchev–Trinajstić information content (AvgIpc) is 2.19. The molecule has 1 aliphatic rings. The highest BCUT2D eigenvalue weighted by molar-refractivity contribution is 6.30. The van der Waals surface area contributed by atoms with Crippen molar-refractivity contribution < 1.29 is 0 Å². The van der Waals surface area contributed by atoms with Crippen molar-refractivity contribution in [1.82, 2.24) is 10.2 Å². The van der Waals surface area contributed by atoms with Gasteiger partial charge in [0.05, 0.1) is 0 Å². The van der Waals surface area contributed by atoms with Crippen molar-refractivity contribution in [1.29, 1.82) is 0 Å². The van der Waals surface area contributed by atoms with Gasteiger partial charge in [-0.15, -0.1) is 0 Å². The van der Waals surface area contributed by atoms with E-state index in [0.717, 1.165) is 30.1 Å². The van der Waals surface area contributed by atoms with Gasteiger partial charge in [-0.2, -0.15) is 0 Å². The molecule has 0 heterocycles. The van der Waals surface area contributed by atoms with Crippen LogP contribution < -0.4 is 5.32 Å². The summed E-state index contributed by atoms with van der Waals surface area (Å²) in [5.41, 5.74) is 2.51. The monoisotopic (exact) mass is 266 g/mol. The predicted molar refractivity (Wildman–Crippen MR) is 78.1 cm³/mol. The molecule has 1 N–H and O–H groups in total. The smallest absolute Gasteiger partial charge is 0.0411 e. The Kier molecular flexibility index (Phi) is 4.66. The van der Waals surface area contributed by atoms with E-state index in [1.165, 1.54) is 24.0 Å². The van der Waals surface area contributed by atoms with Crippen LogP contribution in [0.4, 0.5) is 0 Å². The van der Waals surface area contributed by atoms with Gasteiger partial charge in [-0.25, -0.2) is 0 Å². The second-order valence-electron chi connectivity index (χ2n) is 5.72. The summed E-state index contributed by atoms with van der Waals surface area (Å²) in [6.45, 7) is 4.13. The van der Waals surface area contributed by atoms with Gasteiger partial charge in [-0.3, -0.25) is 0 Å². The summed E-state index contributed by atoms with van der Waals surface area (Å²) < 4.78 is 0. The highest BCUT2D eigenvalue weighted by Gasteiger charge is 2.29. The van der Waals surface area contributed by atoms with E-state index >= 15 is 0 Å². The lowest BCUT2D eigenvalue weighted by Gasteiger charge is -2.39. The maximum absolute atomic E-state index is 6.05. The Morgan fingerprint density at radius 3 is 2.61 bits per heavy atom. The third-order valence-electron chi connectivity index (χ3n) is 3.81. The molecule has 0 spiro atoms. The van der Waals surface area contributed by atoms with Crippen LogP contribution in [-0.4, -0.2) is 31.6 Å². The quantitative estimate of drug-likeness (QED) is 0.881. The van der Waals surface area contributed by atoms with Crippen LogP contribution in [0.1, 0.15) is 24.0 Å². The van der Waals surface area contributed by atoms with E-state index in [-0.39, 0.29) is 0 Å². The van der Waals surface area contributed by atoms with E-state index in [2.05, 4.69) is 37.3 Å². The zero-order valence-corrected chi connectivity index (χ0v) is 12.3. The van der Waals surface area contributed by atoms with Crippen molar-refractivity contribution in [3.8, 4) is 0 Å². The van der Waals surface area contributed by atoms with Crippen LogP contribution in [0.5, 0.6) is 0 Å². The number of hydrogen-bond donors (Lipinski definition) is 1. The number of halogens is 1. The second-order valence-corrected chi connectivity index (χ2v) is 6.16. The highest BCUT2D eigenvalue weighted by atomic mass is 35.5. The van der Waals surface area contributed by atoms with Crippen molar-refractivity contribution in [2.45, 2.75) is 32.4 Å². The Morgan fingerprint density at radius 2 is 2.00 bits per heavy atom. The predicted octanol–water partition coefficient (Wildman–Crippen LogP) is 3.08. The first-order valence-corrected chi connectivity index (χ1v) is 7.05. The van der Waals surface area contributed by atoms with Crippen molar-refractivity contribution in [3.63, 3.8) is 0 Å². The molecule has 0 aromatic heterocycles. The first-order valence-electron chi connectivity index (χ1n) is 6.68. The molecule has 0 unspecified atom stereocenters. The summed E-state index contributed by atoms with van der Waals surface area (Å²) in [6, 6.07) is 7.04. The van der Waals surface area contributed by atoms with E-state index in [9.17, 15) is 0 Å². The standard InChI is InChI=1S/C15H23ClN2/c1-11-4-12(6-14(16)5-11)9-17-10-13-7-15(8-13)18(2)3/h4-6,13,15,17H,7-10H2,1-3H3. The molecule has 1 aromatic carbocycles. The Morgan fingerprint density at radius 1 is 1.28 bits per heavy atom. The molecule has 1 saturated carbocycles. The molecule has 2 rings (SSSR count). The van der Waals surface area contributed by atoms with Gasteiger partial charge in [0, 0.05) is 17.6 Å². The molecule has 0 atom stereocenters. The molecule has 0 amide bonds. The third-order valence-corrected chi connectivity index (χ3v) is 4.02. The number of nitrogens with one attached hydrogen (secondary N) is 1. The molecule has 1 aliphatic carbocycles. The maximum Gasteiger partial charge on any atom is 0.0411 e. The summed E-state index contributed by atoms with van der Waals surface area (Å²) in [5.74, 6) is 0.845. The molecule has 1 fully saturated rings. The summed E-state index contributed by atoms with van der Waals surface area (Å²) in [4.78, 5) is 2.33. The minimum absolute atomic E-state index is 0.796. The molecule has 0 saturated heterocycles. The van der Waals surface area contributed by atoms with Crippen molar-refractivity contribution >= 4 is 11.6 Å². The van der Waals surface area contributed by atoms with Crippen LogP contribution in [0.3, 0.4) is 0 Å². The molecule has 100 valence electrons. The van der Waals surface area contributed by atoms with Gasteiger partial charge < -0.3 is 10.2 Å². The minimum Gasteiger partial charge on any atom is -0.312 e. The Bertz CT molecular complexity index is 377. The minimum atomic E-state index is 0.796. The van der Waals surface area contributed by atoms with Gasteiger partial charge in [-0.1, -0.05) is 17.7 Å². The molecule has 18 heavy (non-hydrogen) atoms. The van der Waals surface area contributed by atoms with Gasteiger partial charge in [0.15, 0.2) is 0 Å². The van der Waals surface area contributed by atoms with Crippen LogP contribution in [0.25, 0.3) is 0 Å². The third kappa shape index (κ3) is 3.71. The number of nitrogens with zero attached hydrogens (tertiary/aromatic N) is 1. The molecule has 1 aromatic rings. The van der Waals surface area contributed by atoms with Crippen LogP contribution in [-0.2, 0) is 6.54 Å². The molecular weight excluding hydrogens is 244 g/mol. The van der Waals surface area contributed by atoms with Gasteiger partial charge >= 0.3 is 0 Å². The maximum atomic E-state index is 6.05. The fourth-order valence-corrected chi connectivity index (χ4v) is 2.94. The second kappa shape index (κ2) is 6.05. The molecule has 3 heteroatoms. The van der Waals surface area contributed by atoms with Gasteiger partial charge in [0.25, 0.3) is 0 Å². The van der Waals surface area contributed by atoms with E-state index in [1.54, 1.807) is 0 Å². The van der Waals surface area contributed by atoms with Crippen LogP contribution in [0.15, 0.2) is 18.2 Å². The highest BCUT2D eigenvalue weighted by Crippen LogP contribution is 2.29. The van der Waals surface area contributed by atoms with E-state index in [1.807, 2.05) is 12.1 Å². The number of aryl methyl sites for hydroxylation is 1. The Balaban J connectivity index is 1.70. The van der Waals surface area contributed by atoms with E-state index in [4.69, 9.17) is 11.6 Å². The van der Waals surface area contributed by atoms with Crippen LogP contribution in [0.2, 0.25) is 5.02 Å². The summed E-state index contributed by atoms with van der Waals surface area (Å²) in [7, 11) is 4.34. The van der Waals surface area contributed by atoms with Gasteiger partial charge in [-0.05, 0) is 69.6 Å². The first kappa shape index (κ1) is 13.9. The fraction of sp³-hybridized carbons (Fsp3) is 0.600. The zero-order chi connectivity index (χ0) is 13.1. The van der Waals surface area contributed by atoms with E-state index < -0.39 is 0 Å². The molecule has 2 nitrogen and oxygen atoms in total. The molecule has 0 aliphatic heterocycles. The topological polar surface area (TPSA) is 15.3 Å². The summed E-state index contributed by atoms with van der Waals surface area (Å²) >= 11 is 6.05. The lowest BCUT2D eigenvalue weighted by molar-refractivity contribution is 0.122. The molecule has 0 radical (unpaired) electrons. The Hall–Kier alpha value is -0.570. The summed E-state index contributed by atoms with van der Waals surface area (Å²) in [6.07, 6.45) is 2.66. The average molecular weight is 267 g/mol. The molecule has 0 bridgehead atoms. The number of hydrogen-bond acceptors (Lipinski definition) is 2. The van der Waals surface area contributed by atoms with Crippen LogP contribution >= 0.6 is 11.6 Å². The number of benzene rings is 1. The largest absolute Gasteiger partial charge is 0.312 e. The van der Waals surface area contributed by atoms with Crippen molar-refractivity contribution in [2.24, 2.45) is 5.92 Å². The zero-order valence-electron chi connectivity index (χ0n) is 11.5. The van der Waals surface area contributed by atoms with Crippen LogP contribution in [0, 0.1) is 12.8 Å². The summed E-state index contributed by atoms with van der Waals surface area (Å²) in [5, 5.41) is 4.38. The fourth-order valence-electron chi connectivity index (χ4n) is 2.62. The van der Waals surface area contributed by atoms with Gasteiger partial charge in [0.1, 0.15) is 0 Å².